The van der Waals surface area contributed by atoms with Crippen LogP contribution in [0.2, 0.25) is 0 Å². The molecular formula is C14H16N2O5. The number of likely N-dealkylation sites (tertiary alicyclic amines) is 1. The Morgan fingerprint density at radius 3 is 2.71 bits per heavy atom. The minimum Gasteiger partial charge on any atom is -0.481 e. The van der Waals surface area contributed by atoms with Gasteiger partial charge in [-0.05, 0) is 31.4 Å². The predicted octanol–water partition coefficient (Wildman–Crippen LogP) is 1.84. The van der Waals surface area contributed by atoms with Crippen LogP contribution in [0.3, 0.4) is 0 Å². The molecule has 1 fully saturated rings. The highest BCUT2D eigenvalue weighted by Gasteiger charge is 2.29. The van der Waals surface area contributed by atoms with Crippen molar-refractivity contribution in [2.24, 2.45) is 5.92 Å². The Morgan fingerprint density at radius 2 is 2.14 bits per heavy atom. The molecule has 0 bridgehead atoms. The molecule has 2 rings (SSSR count). The molecule has 0 unspecified atom stereocenters. The monoisotopic (exact) mass is 292 g/mol. The quantitative estimate of drug-likeness (QED) is 0.676. The summed E-state index contributed by atoms with van der Waals surface area (Å²) in [5.74, 6) is -1.71. The van der Waals surface area contributed by atoms with Crippen molar-refractivity contribution in [1.29, 1.82) is 0 Å². The lowest BCUT2D eigenvalue weighted by atomic mass is 9.97. The smallest absolute Gasteiger partial charge is 0.308 e. The van der Waals surface area contributed by atoms with Crippen molar-refractivity contribution >= 4 is 17.6 Å². The molecule has 1 aromatic carbocycles. The molecule has 0 saturated carbocycles. The highest BCUT2D eigenvalue weighted by Crippen LogP contribution is 2.22. The zero-order valence-electron chi connectivity index (χ0n) is 11.6. The summed E-state index contributed by atoms with van der Waals surface area (Å²) < 4.78 is 0. The molecule has 1 aliphatic rings. The average molecular weight is 292 g/mol. The number of carboxylic acids is 1. The number of amides is 1. The number of rotatable bonds is 3. The maximum atomic E-state index is 12.4. The molecular weight excluding hydrogens is 276 g/mol. The lowest BCUT2D eigenvalue weighted by Gasteiger charge is -2.31. The van der Waals surface area contributed by atoms with Crippen LogP contribution < -0.4 is 0 Å². The van der Waals surface area contributed by atoms with Crippen LogP contribution in [0.5, 0.6) is 0 Å². The number of aliphatic carboxylic acids is 1. The molecule has 21 heavy (non-hydrogen) atoms. The molecule has 1 aliphatic heterocycles. The Morgan fingerprint density at radius 1 is 1.43 bits per heavy atom. The summed E-state index contributed by atoms with van der Waals surface area (Å²) in [7, 11) is 0. The van der Waals surface area contributed by atoms with Crippen LogP contribution in [0.15, 0.2) is 18.2 Å². The van der Waals surface area contributed by atoms with Crippen LogP contribution in [0.4, 0.5) is 5.69 Å². The van der Waals surface area contributed by atoms with Gasteiger partial charge in [0.2, 0.25) is 0 Å². The van der Waals surface area contributed by atoms with Gasteiger partial charge in [0, 0.05) is 30.8 Å². The lowest BCUT2D eigenvalue weighted by Crippen LogP contribution is -2.42. The summed E-state index contributed by atoms with van der Waals surface area (Å²) in [5.41, 5.74) is 0.837. The van der Waals surface area contributed by atoms with Crippen LogP contribution in [0, 0.1) is 23.0 Å². The van der Waals surface area contributed by atoms with Gasteiger partial charge < -0.3 is 10.0 Å². The topological polar surface area (TPSA) is 101 Å². The van der Waals surface area contributed by atoms with Gasteiger partial charge in [-0.15, -0.1) is 0 Å². The van der Waals surface area contributed by atoms with Gasteiger partial charge >= 0.3 is 5.97 Å². The Balaban J connectivity index is 2.20. The van der Waals surface area contributed by atoms with Crippen molar-refractivity contribution in [3.05, 3.63) is 39.4 Å². The van der Waals surface area contributed by atoms with Crippen LogP contribution in [-0.4, -0.2) is 39.9 Å². The second-order valence-corrected chi connectivity index (χ2v) is 5.18. The number of benzene rings is 1. The highest BCUT2D eigenvalue weighted by atomic mass is 16.6. The van der Waals surface area contributed by atoms with Crippen molar-refractivity contribution in [2.75, 3.05) is 13.1 Å². The third-order valence-corrected chi connectivity index (χ3v) is 3.71. The van der Waals surface area contributed by atoms with E-state index in [0.717, 1.165) is 0 Å². The molecule has 1 amide bonds. The van der Waals surface area contributed by atoms with E-state index < -0.39 is 16.8 Å². The zero-order chi connectivity index (χ0) is 15.6. The molecule has 0 spiro atoms. The number of hydrogen-bond donors (Lipinski definition) is 1. The number of piperidine rings is 1. The fourth-order valence-electron chi connectivity index (χ4n) is 2.53. The third-order valence-electron chi connectivity index (χ3n) is 3.71. The Labute approximate surface area is 121 Å². The summed E-state index contributed by atoms with van der Waals surface area (Å²) >= 11 is 0. The Kier molecular flexibility index (Phi) is 4.21. The van der Waals surface area contributed by atoms with Gasteiger partial charge in [-0.3, -0.25) is 19.7 Å². The third kappa shape index (κ3) is 3.18. The van der Waals surface area contributed by atoms with Crippen molar-refractivity contribution in [2.45, 2.75) is 19.8 Å². The number of nitrogens with zero attached hydrogens (tertiary/aromatic N) is 2. The van der Waals surface area contributed by atoms with Gasteiger partial charge in [-0.1, -0.05) is 0 Å². The van der Waals surface area contributed by atoms with E-state index in [1.165, 1.54) is 23.1 Å². The molecule has 0 radical (unpaired) electrons. The Bertz CT molecular complexity index is 599. The Hall–Kier alpha value is -2.44. The van der Waals surface area contributed by atoms with Crippen molar-refractivity contribution in [3.8, 4) is 0 Å². The summed E-state index contributed by atoms with van der Waals surface area (Å²) in [5, 5.41) is 19.7. The van der Waals surface area contributed by atoms with Crippen LogP contribution in [0.25, 0.3) is 0 Å². The van der Waals surface area contributed by atoms with E-state index in [1.54, 1.807) is 6.92 Å². The minimum atomic E-state index is -0.895. The number of nitro benzene ring substituents is 1. The highest BCUT2D eigenvalue weighted by molar-refractivity contribution is 5.96. The van der Waals surface area contributed by atoms with E-state index in [4.69, 9.17) is 5.11 Å². The summed E-state index contributed by atoms with van der Waals surface area (Å²) in [6, 6.07) is 4.07. The SMILES string of the molecule is Cc1cc([N+](=O)[O-])ccc1C(=O)N1CCC[C@H](C(=O)O)C1. The molecule has 0 aromatic heterocycles. The second kappa shape index (κ2) is 5.90. The number of carbonyl (C=O) groups excluding carboxylic acids is 1. The van der Waals surface area contributed by atoms with E-state index in [2.05, 4.69) is 0 Å². The van der Waals surface area contributed by atoms with Gasteiger partial charge in [0.15, 0.2) is 0 Å². The molecule has 7 nitrogen and oxygen atoms in total. The predicted molar refractivity (Wildman–Crippen MR) is 74.1 cm³/mol. The molecule has 1 saturated heterocycles. The maximum Gasteiger partial charge on any atom is 0.308 e. The first-order valence-electron chi connectivity index (χ1n) is 6.67. The molecule has 1 aromatic rings. The maximum absolute atomic E-state index is 12.4. The molecule has 112 valence electrons. The first-order valence-corrected chi connectivity index (χ1v) is 6.67. The van der Waals surface area contributed by atoms with Crippen LogP contribution in [-0.2, 0) is 4.79 Å². The van der Waals surface area contributed by atoms with Crippen molar-refractivity contribution in [3.63, 3.8) is 0 Å². The number of non-ortho nitro benzene ring substituents is 1. The normalized spacial score (nSPS) is 18.3. The number of nitro groups is 1. The van der Waals surface area contributed by atoms with E-state index in [-0.39, 0.29) is 18.1 Å². The number of aryl methyl sites for hydroxylation is 1. The molecule has 1 heterocycles. The van der Waals surface area contributed by atoms with Gasteiger partial charge in [0.25, 0.3) is 11.6 Å². The van der Waals surface area contributed by atoms with E-state index in [9.17, 15) is 19.7 Å². The summed E-state index contributed by atoms with van der Waals surface area (Å²) in [4.78, 5) is 35.2. The van der Waals surface area contributed by atoms with E-state index in [0.29, 0.717) is 30.5 Å². The summed E-state index contributed by atoms with van der Waals surface area (Å²) in [6.07, 6.45) is 1.22. The standard InChI is InChI=1S/C14H16N2O5/c1-9-7-11(16(20)21)4-5-12(9)13(17)15-6-2-3-10(8-15)14(18)19/h4-5,7,10H,2-3,6,8H2,1H3,(H,18,19)/t10-/m0/s1. The second-order valence-electron chi connectivity index (χ2n) is 5.18. The van der Waals surface area contributed by atoms with E-state index >= 15 is 0 Å². The van der Waals surface area contributed by atoms with Gasteiger partial charge in [-0.2, -0.15) is 0 Å². The summed E-state index contributed by atoms with van der Waals surface area (Å²) in [6.45, 7) is 2.34. The zero-order valence-corrected chi connectivity index (χ0v) is 11.6. The van der Waals surface area contributed by atoms with Crippen molar-refractivity contribution < 1.29 is 19.6 Å². The van der Waals surface area contributed by atoms with Gasteiger partial charge in [-0.25, -0.2) is 0 Å². The first kappa shape index (κ1) is 15.0. The van der Waals surface area contributed by atoms with E-state index in [1.807, 2.05) is 0 Å². The average Bonchev–Trinajstić information content (AvgIpc) is 2.46. The lowest BCUT2D eigenvalue weighted by molar-refractivity contribution is -0.384. The number of carboxylic acid groups (broad SMARTS) is 1. The molecule has 1 atom stereocenters. The molecule has 1 N–H and O–H groups in total. The number of carbonyl (C=O) groups is 2. The fraction of sp³-hybridized carbons (Fsp3) is 0.429. The van der Waals surface area contributed by atoms with Crippen LogP contribution >= 0.6 is 0 Å². The van der Waals surface area contributed by atoms with Crippen LogP contribution in [0.1, 0.15) is 28.8 Å². The largest absolute Gasteiger partial charge is 0.481 e. The van der Waals surface area contributed by atoms with Crippen molar-refractivity contribution in [1.82, 2.24) is 4.90 Å². The minimum absolute atomic E-state index is 0.0638. The molecule has 0 aliphatic carbocycles. The molecule has 7 heteroatoms. The van der Waals surface area contributed by atoms with Gasteiger partial charge in [0.1, 0.15) is 0 Å². The van der Waals surface area contributed by atoms with Gasteiger partial charge in [0.05, 0.1) is 10.8 Å². The first-order chi connectivity index (χ1) is 9.90. The fourth-order valence-corrected chi connectivity index (χ4v) is 2.53. The number of hydrogen-bond acceptors (Lipinski definition) is 4.